The van der Waals surface area contributed by atoms with Crippen molar-refractivity contribution in [3.05, 3.63) is 41.8 Å². The standard InChI is InChI=1S/C15H18FN3O2/c16-12-3-5-13(6-4-12)20-9-7-14-18-15(21-19-14)11-2-1-8-17-10-11/h3-6,11,17H,1-2,7-10H2. The molecule has 1 unspecified atom stereocenters. The van der Waals surface area contributed by atoms with E-state index in [0.717, 1.165) is 25.9 Å². The molecule has 1 N–H and O–H groups in total. The number of nitrogens with zero attached hydrogens (tertiary/aromatic N) is 2. The summed E-state index contributed by atoms with van der Waals surface area (Å²) in [6, 6.07) is 5.95. The lowest BCUT2D eigenvalue weighted by atomic mass is 10.00. The molecule has 6 heteroatoms. The number of nitrogens with one attached hydrogen (secondary N) is 1. The lowest BCUT2D eigenvalue weighted by Gasteiger charge is -2.18. The summed E-state index contributed by atoms with van der Waals surface area (Å²) in [5.41, 5.74) is 0. The Balaban J connectivity index is 1.49. The maximum Gasteiger partial charge on any atom is 0.231 e. The van der Waals surface area contributed by atoms with Crippen LogP contribution in [0, 0.1) is 5.82 Å². The van der Waals surface area contributed by atoms with Crippen LogP contribution in [0.25, 0.3) is 0 Å². The zero-order valence-electron chi connectivity index (χ0n) is 11.7. The molecule has 112 valence electrons. The Morgan fingerprint density at radius 3 is 2.95 bits per heavy atom. The fourth-order valence-electron chi connectivity index (χ4n) is 2.39. The van der Waals surface area contributed by atoms with Gasteiger partial charge < -0.3 is 14.6 Å². The van der Waals surface area contributed by atoms with E-state index in [9.17, 15) is 4.39 Å². The number of aromatic nitrogens is 2. The first-order valence-corrected chi connectivity index (χ1v) is 7.23. The zero-order valence-corrected chi connectivity index (χ0v) is 11.7. The Morgan fingerprint density at radius 2 is 2.19 bits per heavy atom. The second kappa shape index (κ2) is 6.67. The molecule has 1 fully saturated rings. The molecule has 0 saturated carbocycles. The van der Waals surface area contributed by atoms with Crippen LogP contribution in [0.4, 0.5) is 4.39 Å². The molecule has 0 amide bonds. The lowest BCUT2D eigenvalue weighted by molar-refractivity contribution is 0.306. The molecule has 5 nitrogen and oxygen atoms in total. The normalized spacial score (nSPS) is 18.6. The van der Waals surface area contributed by atoms with Crippen molar-refractivity contribution in [3.63, 3.8) is 0 Å². The Bertz CT molecular complexity index is 565. The van der Waals surface area contributed by atoms with Gasteiger partial charge >= 0.3 is 0 Å². The minimum absolute atomic E-state index is 0.272. The second-order valence-corrected chi connectivity index (χ2v) is 5.14. The van der Waals surface area contributed by atoms with Crippen molar-refractivity contribution >= 4 is 0 Å². The predicted octanol–water partition coefficient (Wildman–Crippen LogP) is 2.30. The molecule has 1 atom stereocenters. The van der Waals surface area contributed by atoms with E-state index in [2.05, 4.69) is 15.5 Å². The zero-order chi connectivity index (χ0) is 14.5. The van der Waals surface area contributed by atoms with Gasteiger partial charge in [-0.25, -0.2) is 4.39 Å². The molecule has 0 aliphatic carbocycles. The highest BCUT2D eigenvalue weighted by Gasteiger charge is 2.21. The van der Waals surface area contributed by atoms with E-state index in [1.165, 1.54) is 12.1 Å². The SMILES string of the molecule is Fc1ccc(OCCc2noc(C3CCCNC3)n2)cc1. The van der Waals surface area contributed by atoms with Gasteiger partial charge in [-0.2, -0.15) is 4.98 Å². The Kier molecular flexibility index (Phi) is 4.45. The molecule has 21 heavy (non-hydrogen) atoms. The summed E-state index contributed by atoms with van der Waals surface area (Å²) in [6.45, 7) is 2.39. The highest BCUT2D eigenvalue weighted by Crippen LogP contribution is 2.21. The average molecular weight is 291 g/mol. The van der Waals surface area contributed by atoms with Crippen molar-refractivity contribution < 1.29 is 13.7 Å². The van der Waals surface area contributed by atoms with Crippen molar-refractivity contribution in [1.82, 2.24) is 15.5 Å². The van der Waals surface area contributed by atoms with Gasteiger partial charge in [-0.1, -0.05) is 5.16 Å². The number of hydrogen-bond acceptors (Lipinski definition) is 5. The van der Waals surface area contributed by atoms with Gasteiger partial charge in [-0.15, -0.1) is 0 Å². The summed E-state index contributed by atoms with van der Waals surface area (Å²) >= 11 is 0. The molecular weight excluding hydrogens is 273 g/mol. The van der Waals surface area contributed by atoms with Gasteiger partial charge in [0, 0.05) is 13.0 Å². The van der Waals surface area contributed by atoms with E-state index < -0.39 is 0 Å². The van der Waals surface area contributed by atoms with Gasteiger partial charge in [0.05, 0.1) is 12.5 Å². The number of rotatable bonds is 5. The second-order valence-electron chi connectivity index (χ2n) is 5.14. The van der Waals surface area contributed by atoms with Crippen LogP contribution in [0.3, 0.4) is 0 Å². The molecule has 0 bridgehead atoms. The number of ether oxygens (including phenoxy) is 1. The van der Waals surface area contributed by atoms with Gasteiger partial charge in [-0.3, -0.25) is 0 Å². The smallest absolute Gasteiger partial charge is 0.231 e. The van der Waals surface area contributed by atoms with E-state index in [1.54, 1.807) is 12.1 Å². The summed E-state index contributed by atoms with van der Waals surface area (Å²) in [4.78, 5) is 4.42. The Morgan fingerprint density at radius 1 is 1.33 bits per heavy atom. The third-order valence-corrected chi connectivity index (χ3v) is 3.54. The summed E-state index contributed by atoms with van der Waals surface area (Å²) < 4.78 is 23.6. The van der Waals surface area contributed by atoms with Crippen LogP contribution in [0.5, 0.6) is 5.75 Å². The van der Waals surface area contributed by atoms with E-state index >= 15 is 0 Å². The molecule has 1 saturated heterocycles. The van der Waals surface area contributed by atoms with Gasteiger partial charge in [0.15, 0.2) is 5.82 Å². The van der Waals surface area contributed by atoms with Crippen LogP contribution >= 0.6 is 0 Å². The predicted molar refractivity (Wildman–Crippen MR) is 74.7 cm³/mol. The molecule has 0 radical (unpaired) electrons. The van der Waals surface area contributed by atoms with Crippen LogP contribution in [0.2, 0.25) is 0 Å². The molecule has 1 aromatic carbocycles. The van der Waals surface area contributed by atoms with Gasteiger partial charge in [0.1, 0.15) is 11.6 Å². The van der Waals surface area contributed by atoms with E-state index in [4.69, 9.17) is 9.26 Å². The van der Waals surface area contributed by atoms with Gasteiger partial charge in [0.2, 0.25) is 5.89 Å². The molecule has 1 aliphatic rings. The number of hydrogen-bond donors (Lipinski definition) is 1. The quantitative estimate of drug-likeness (QED) is 0.916. The summed E-state index contributed by atoms with van der Waals surface area (Å²) in [6.07, 6.45) is 2.79. The van der Waals surface area contributed by atoms with Gasteiger partial charge in [0.25, 0.3) is 0 Å². The van der Waals surface area contributed by atoms with Crippen molar-refractivity contribution in [2.24, 2.45) is 0 Å². The van der Waals surface area contributed by atoms with Crippen molar-refractivity contribution in [1.29, 1.82) is 0 Å². The van der Waals surface area contributed by atoms with Crippen molar-refractivity contribution in [3.8, 4) is 5.75 Å². The topological polar surface area (TPSA) is 60.2 Å². The molecule has 2 aromatic rings. The molecule has 2 heterocycles. The molecule has 1 aliphatic heterocycles. The maximum atomic E-state index is 12.8. The molecular formula is C15H18FN3O2. The van der Waals surface area contributed by atoms with Crippen LogP contribution in [-0.2, 0) is 6.42 Å². The summed E-state index contributed by atoms with van der Waals surface area (Å²) in [7, 11) is 0. The Labute approximate surface area is 122 Å². The largest absolute Gasteiger partial charge is 0.493 e. The van der Waals surface area contributed by atoms with Crippen LogP contribution < -0.4 is 10.1 Å². The highest BCUT2D eigenvalue weighted by atomic mass is 19.1. The van der Waals surface area contributed by atoms with Gasteiger partial charge in [-0.05, 0) is 43.7 Å². The monoisotopic (exact) mass is 291 g/mol. The first-order valence-electron chi connectivity index (χ1n) is 7.23. The summed E-state index contributed by atoms with van der Waals surface area (Å²) in [5, 5.41) is 7.31. The maximum absolute atomic E-state index is 12.8. The average Bonchev–Trinajstić information content (AvgIpc) is 2.99. The minimum Gasteiger partial charge on any atom is -0.493 e. The number of halogens is 1. The molecule has 1 aromatic heterocycles. The van der Waals surface area contributed by atoms with Crippen LogP contribution in [-0.4, -0.2) is 29.8 Å². The molecule has 0 spiro atoms. The van der Waals surface area contributed by atoms with Crippen LogP contribution in [0.1, 0.15) is 30.5 Å². The third kappa shape index (κ3) is 3.78. The highest BCUT2D eigenvalue weighted by molar-refractivity contribution is 5.22. The molecule has 3 rings (SSSR count). The van der Waals surface area contributed by atoms with E-state index in [-0.39, 0.29) is 5.82 Å². The number of piperidine rings is 1. The summed E-state index contributed by atoms with van der Waals surface area (Å²) in [5.74, 6) is 2.04. The van der Waals surface area contributed by atoms with E-state index in [0.29, 0.717) is 36.4 Å². The fourth-order valence-corrected chi connectivity index (χ4v) is 2.39. The third-order valence-electron chi connectivity index (χ3n) is 3.54. The van der Waals surface area contributed by atoms with Crippen molar-refractivity contribution in [2.75, 3.05) is 19.7 Å². The fraction of sp³-hybridized carbons (Fsp3) is 0.467. The van der Waals surface area contributed by atoms with Crippen molar-refractivity contribution in [2.45, 2.75) is 25.2 Å². The number of benzene rings is 1. The minimum atomic E-state index is -0.272. The first kappa shape index (κ1) is 14.0. The Hall–Kier alpha value is -1.95. The lowest BCUT2D eigenvalue weighted by Crippen LogP contribution is -2.28. The first-order chi connectivity index (χ1) is 10.3. The van der Waals surface area contributed by atoms with E-state index in [1.807, 2.05) is 0 Å². The van der Waals surface area contributed by atoms with Crippen LogP contribution in [0.15, 0.2) is 28.8 Å².